The first-order chi connectivity index (χ1) is 7.82. The van der Waals surface area contributed by atoms with Gasteiger partial charge in [0, 0.05) is 12.0 Å². The molecular weight excluding hydrogens is 204 g/mol. The number of allylic oxidation sites excluding steroid dienone is 1. The van der Waals surface area contributed by atoms with Gasteiger partial charge in [-0.2, -0.15) is 10.5 Å². The van der Waals surface area contributed by atoms with E-state index in [1.807, 2.05) is 12.1 Å². The summed E-state index contributed by atoms with van der Waals surface area (Å²) in [6.07, 6.45) is 4.39. The zero-order valence-corrected chi connectivity index (χ0v) is 9.16. The summed E-state index contributed by atoms with van der Waals surface area (Å²) in [5, 5.41) is 17.9. The van der Waals surface area contributed by atoms with Crippen LogP contribution >= 0.6 is 0 Å². The van der Waals surface area contributed by atoms with Crippen LogP contribution in [0, 0.1) is 22.7 Å². The molecule has 0 atom stereocenters. The van der Waals surface area contributed by atoms with Crippen molar-refractivity contribution in [1.29, 1.82) is 10.5 Å². The average molecular weight is 218 g/mol. The van der Waals surface area contributed by atoms with E-state index >= 15 is 0 Å². The van der Waals surface area contributed by atoms with Crippen molar-refractivity contribution in [3.8, 4) is 12.1 Å². The predicted octanol–water partition coefficient (Wildman–Crippen LogP) is 2.04. The highest BCUT2D eigenvalue weighted by Gasteiger charge is 2.42. The third-order valence-corrected chi connectivity index (χ3v) is 3.13. The molecule has 1 heterocycles. The summed E-state index contributed by atoms with van der Waals surface area (Å²) in [6, 6.07) is 3.90. The van der Waals surface area contributed by atoms with Crippen molar-refractivity contribution < 1.29 is 9.47 Å². The minimum absolute atomic E-state index is 0.168. The largest absolute Gasteiger partial charge is 0.346 e. The fraction of sp³-hybridized carbons (Fsp3) is 0.667. The third kappa shape index (κ3) is 1.82. The number of ether oxygens (including phenoxy) is 2. The van der Waals surface area contributed by atoms with Gasteiger partial charge in [-0.1, -0.05) is 0 Å². The van der Waals surface area contributed by atoms with Crippen LogP contribution in [0.3, 0.4) is 0 Å². The second kappa shape index (κ2) is 4.65. The van der Waals surface area contributed by atoms with Crippen LogP contribution in [0.4, 0.5) is 0 Å². The molecule has 4 heteroatoms. The Hall–Kier alpha value is -1.36. The summed E-state index contributed by atoms with van der Waals surface area (Å²) in [5.74, 6) is -0.767. The van der Waals surface area contributed by atoms with Gasteiger partial charge in [0.1, 0.15) is 17.7 Å². The van der Waals surface area contributed by atoms with Crippen molar-refractivity contribution >= 4 is 0 Å². The standard InChI is InChI=1S/C12H14N2O2/c13-8-10(9-14)11-4-1-2-5-12(11)15-6-3-7-16-12/h1-7H2. The molecule has 1 saturated carbocycles. The molecule has 0 bridgehead atoms. The monoisotopic (exact) mass is 218 g/mol. The van der Waals surface area contributed by atoms with Crippen LogP contribution in [0.15, 0.2) is 11.1 Å². The maximum atomic E-state index is 8.95. The lowest BCUT2D eigenvalue weighted by Gasteiger charge is -2.41. The first-order valence-corrected chi connectivity index (χ1v) is 5.64. The van der Waals surface area contributed by atoms with Gasteiger partial charge in [0.15, 0.2) is 5.79 Å². The van der Waals surface area contributed by atoms with Gasteiger partial charge in [-0.15, -0.1) is 0 Å². The molecule has 2 rings (SSSR count). The van der Waals surface area contributed by atoms with Crippen molar-refractivity contribution in [2.24, 2.45) is 0 Å². The van der Waals surface area contributed by atoms with Gasteiger partial charge in [-0.05, 0) is 25.7 Å². The van der Waals surface area contributed by atoms with Crippen molar-refractivity contribution in [1.82, 2.24) is 0 Å². The number of nitrogens with zero attached hydrogens (tertiary/aromatic N) is 2. The van der Waals surface area contributed by atoms with Crippen LogP contribution in [0.2, 0.25) is 0 Å². The van der Waals surface area contributed by atoms with E-state index in [2.05, 4.69) is 0 Å². The Morgan fingerprint density at radius 1 is 1.06 bits per heavy atom. The van der Waals surface area contributed by atoms with Crippen LogP contribution in [-0.4, -0.2) is 19.0 Å². The summed E-state index contributed by atoms with van der Waals surface area (Å²) >= 11 is 0. The molecule has 0 aromatic heterocycles. The van der Waals surface area contributed by atoms with Crippen molar-refractivity contribution in [3.05, 3.63) is 11.1 Å². The highest BCUT2D eigenvalue weighted by Crippen LogP contribution is 2.40. The number of hydrogen-bond donors (Lipinski definition) is 0. The Kier molecular flexibility index (Phi) is 3.24. The van der Waals surface area contributed by atoms with Gasteiger partial charge in [-0.3, -0.25) is 0 Å². The lowest BCUT2D eigenvalue weighted by molar-refractivity contribution is -0.252. The van der Waals surface area contributed by atoms with Gasteiger partial charge >= 0.3 is 0 Å². The zero-order valence-electron chi connectivity index (χ0n) is 9.16. The van der Waals surface area contributed by atoms with Crippen LogP contribution in [0.5, 0.6) is 0 Å². The molecule has 1 spiro atoms. The minimum atomic E-state index is -0.767. The molecule has 0 radical (unpaired) electrons. The van der Waals surface area contributed by atoms with E-state index in [1.165, 1.54) is 0 Å². The summed E-state index contributed by atoms with van der Waals surface area (Å²) in [7, 11) is 0. The number of nitriles is 2. The van der Waals surface area contributed by atoms with Crippen LogP contribution in [0.1, 0.15) is 32.1 Å². The van der Waals surface area contributed by atoms with E-state index in [-0.39, 0.29) is 5.57 Å². The molecule has 0 aromatic carbocycles. The Bertz CT molecular complexity index is 357. The van der Waals surface area contributed by atoms with Crippen LogP contribution in [-0.2, 0) is 9.47 Å². The molecule has 1 aliphatic heterocycles. The van der Waals surface area contributed by atoms with E-state index in [9.17, 15) is 0 Å². The quantitative estimate of drug-likeness (QED) is 0.583. The van der Waals surface area contributed by atoms with E-state index < -0.39 is 5.79 Å². The summed E-state index contributed by atoms with van der Waals surface area (Å²) in [5.41, 5.74) is 0.921. The SMILES string of the molecule is N#CC(C#N)=C1CCCCC12OCCCO2. The molecule has 0 amide bonds. The molecule has 2 fully saturated rings. The molecule has 4 nitrogen and oxygen atoms in total. The zero-order chi connectivity index (χ0) is 11.4. The Labute approximate surface area is 95.1 Å². The fourth-order valence-corrected chi connectivity index (χ4v) is 2.37. The second-order valence-electron chi connectivity index (χ2n) is 4.09. The Morgan fingerprint density at radius 3 is 2.38 bits per heavy atom. The molecule has 84 valence electrons. The summed E-state index contributed by atoms with van der Waals surface area (Å²) < 4.78 is 11.4. The number of hydrogen-bond acceptors (Lipinski definition) is 4. The Balaban J connectivity index is 2.37. The van der Waals surface area contributed by atoms with Crippen LogP contribution in [0.25, 0.3) is 0 Å². The van der Waals surface area contributed by atoms with Crippen molar-refractivity contribution in [3.63, 3.8) is 0 Å². The second-order valence-corrected chi connectivity index (χ2v) is 4.09. The fourth-order valence-electron chi connectivity index (χ4n) is 2.37. The molecule has 0 N–H and O–H groups in total. The van der Waals surface area contributed by atoms with E-state index in [1.54, 1.807) is 0 Å². The molecule has 1 aliphatic carbocycles. The highest BCUT2D eigenvalue weighted by molar-refractivity contribution is 5.43. The summed E-state index contributed by atoms with van der Waals surface area (Å²) in [6.45, 7) is 1.29. The smallest absolute Gasteiger partial charge is 0.192 e. The molecule has 0 unspecified atom stereocenters. The molecule has 16 heavy (non-hydrogen) atoms. The maximum Gasteiger partial charge on any atom is 0.192 e. The van der Waals surface area contributed by atoms with Crippen molar-refractivity contribution in [2.75, 3.05) is 13.2 Å². The van der Waals surface area contributed by atoms with E-state index in [0.717, 1.165) is 37.7 Å². The first kappa shape index (κ1) is 11.1. The topological polar surface area (TPSA) is 66.0 Å². The lowest BCUT2D eigenvalue weighted by atomic mass is 9.85. The van der Waals surface area contributed by atoms with Gasteiger partial charge in [0.2, 0.25) is 0 Å². The van der Waals surface area contributed by atoms with Crippen LogP contribution < -0.4 is 0 Å². The maximum absolute atomic E-state index is 8.95. The van der Waals surface area contributed by atoms with Gasteiger partial charge in [0.25, 0.3) is 0 Å². The van der Waals surface area contributed by atoms with E-state index in [4.69, 9.17) is 20.0 Å². The molecule has 1 saturated heterocycles. The average Bonchev–Trinajstić information content (AvgIpc) is 2.34. The lowest BCUT2D eigenvalue weighted by Crippen LogP contribution is -2.44. The summed E-state index contributed by atoms with van der Waals surface area (Å²) in [4.78, 5) is 0. The van der Waals surface area contributed by atoms with Gasteiger partial charge in [0.05, 0.1) is 13.2 Å². The molecule has 2 aliphatic rings. The molecule has 0 aromatic rings. The normalized spacial score (nSPS) is 23.5. The molecular formula is C12H14N2O2. The van der Waals surface area contributed by atoms with Crippen molar-refractivity contribution in [2.45, 2.75) is 37.9 Å². The Morgan fingerprint density at radius 2 is 1.75 bits per heavy atom. The first-order valence-electron chi connectivity index (χ1n) is 5.64. The van der Waals surface area contributed by atoms with E-state index in [0.29, 0.717) is 13.2 Å². The third-order valence-electron chi connectivity index (χ3n) is 3.13. The van der Waals surface area contributed by atoms with Gasteiger partial charge < -0.3 is 9.47 Å². The highest BCUT2D eigenvalue weighted by atomic mass is 16.7. The predicted molar refractivity (Wildman–Crippen MR) is 56.0 cm³/mol. The minimum Gasteiger partial charge on any atom is -0.346 e. The van der Waals surface area contributed by atoms with Gasteiger partial charge in [-0.25, -0.2) is 0 Å². The number of rotatable bonds is 0.